The summed E-state index contributed by atoms with van der Waals surface area (Å²) in [6, 6.07) is 12.2. The van der Waals surface area contributed by atoms with Crippen molar-refractivity contribution in [2.75, 3.05) is 6.61 Å². The zero-order valence-electron chi connectivity index (χ0n) is 17.1. The fraction of sp³-hybridized carbons (Fsp3) is 0.500. The minimum atomic E-state index is -1.11. The fourth-order valence-corrected chi connectivity index (χ4v) is 4.09. The highest BCUT2D eigenvalue weighted by molar-refractivity contribution is 9.10. The van der Waals surface area contributed by atoms with Crippen molar-refractivity contribution < 1.29 is 9.16 Å². The average molecular weight is 450 g/mol. The average Bonchev–Trinajstić information content (AvgIpc) is 2.61. The largest absolute Gasteiger partial charge is 0.488 e. The van der Waals surface area contributed by atoms with Gasteiger partial charge in [0.1, 0.15) is 11.9 Å². The second-order valence-electron chi connectivity index (χ2n) is 8.36. The first-order valence-corrected chi connectivity index (χ1v) is 13.3. The summed E-state index contributed by atoms with van der Waals surface area (Å²) >= 11 is 3.49. The van der Waals surface area contributed by atoms with Crippen molar-refractivity contribution in [3.8, 4) is 5.75 Å². The minimum absolute atomic E-state index is 0.0257. The summed E-state index contributed by atoms with van der Waals surface area (Å²) in [6.45, 7) is 12.0. The van der Waals surface area contributed by atoms with Gasteiger partial charge in [0.05, 0.1) is 6.61 Å². The highest BCUT2D eigenvalue weighted by Gasteiger charge is 2.34. The molecule has 0 aliphatic heterocycles. The Balaban J connectivity index is 2.18. The van der Waals surface area contributed by atoms with Crippen LogP contribution in [0.1, 0.15) is 32.8 Å². The molecule has 3 nitrogen and oxygen atoms in total. The highest BCUT2D eigenvalue weighted by atomic mass is 79.9. The normalized spacial score (nSPS) is 14.2. The summed E-state index contributed by atoms with van der Waals surface area (Å²) in [6.07, 6.45) is 5.85. The number of hydrogen-bond acceptors (Lipinski definition) is 3. The molecule has 0 bridgehead atoms. The standard InChI is InChI=1S/C22H32BrNO2Si/c1-22(2,3)20(13-8-17-7-6-14-24-15-17)21(16-25-27(4)5)26-19-11-9-18(23)10-12-19/h6-7,9-12,14-15,20-21,27H,8,13,16H2,1-5H3/t20?,21-/m1/s1. The molecule has 0 N–H and O–H groups in total. The minimum Gasteiger partial charge on any atom is -0.488 e. The summed E-state index contributed by atoms with van der Waals surface area (Å²) in [7, 11) is -1.11. The van der Waals surface area contributed by atoms with Gasteiger partial charge in [0.2, 0.25) is 0 Å². The first kappa shape index (κ1) is 22.1. The van der Waals surface area contributed by atoms with Crippen molar-refractivity contribution in [1.82, 2.24) is 4.98 Å². The molecule has 2 rings (SSSR count). The molecule has 1 unspecified atom stereocenters. The topological polar surface area (TPSA) is 31.4 Å². The van der Waals surface area contributed by atoms with Crippen LogP contribution in [0.3, 0.4) is 0 Å². The molecule has 1 aromatic heterocycles. The van der Waals surface area contributed by atoms with Gasteiger partial charge in [-0.2, -0.15) is 0 Å². The molecular weight excluding hydrogens is 418 g/mol. The van der Waals surface area contributed by atoms with Crippen LogP contribution < -0.4 is 4.74 Å². The molecule has 2 atom stereocenters. The summed E-state index contributed by atoms with van der Waals surface area (Å²) < 4.78 is 13.6. The summed E-state index contributed by atoms with van der Waals surface area (Å²) in [5.41, 5.74) is 1.39. The number of ether oxygens (including phenoxy) is 1. The lowest BCUT2D eigenvalue weighted by Crippen LogP contribution is -2.40. The number of aromatic nitrogens is 1. The lowest BCUT2D eigenvalue weighted by Gasteiger charge is -2.37. The molecule has 0 amide bonds. The number of hydrogen-bond donors (Lipinski definition) is 0. The van der Waals surface area contributed by atoms with Crippen LogP contribution in [0, 0.1) is 11.3 Å². The van der Waals surface area contributed by atoms with Crippen molar-refractivity contribution in [3.63, 3.8) is 0 Å². The van der Waals surface area contributed by atoms with E-state index in [0.29, 0.717) is 12.5 Å². The van der Waals surface area contributed by atoms with E-state index in [0.717, 1.165) is 23.1 Å². The number of pyridine rings is 1. The smallest absolute Gasteiger partial charge is 0.171 e. The van der Waals surface area contributed by atoms with Gasteiger partial charge >= 0.3 is 0 Å². The maximum atomic E-state index is 6.46. The van der Waals surface area contributed by atoms with Crippen molar-refractivity contribution in [3.05, 3.63) is 58.8 Å². The lowest BCUT2D eigenvalue weighted by molar-refractivity contribution is 0.0220. The van der Waals surface area contributed by atoms with E-state index in [4.69, 9.17) is 9.16 Å². The SMILES string of the molecule is C[SiH](C)OC[C@@H](Oc1ccc(Br)cc1)C(CCc1cccnc1)C(C)(C)C. The second-order valence-corrected chi connectivity index (χ2v) is 11.7. The van der Waals surface area contributed by atoms with Crippen molar-refractivity contribution in [2.45, 2.75) is 52.8 Å². The van der Waals surface area contributed by atoms with E-state index in [1.807, 2.05) is 42.7 Å². The number of aryl methyl sites for hydroxylation is 1. The molecular formula is C22H32BrNO2Si. The molecule has 2 aromatic rings. The summed E-state index contributed by atoms with van der Waals surface area (Å²) in [5, 5.41) is 0. The molecule has 0 radical (unpaired) electrons. The number of benzene rings is 1. The van der Waals surface area contributed by atoms with Gasteiger partial charge < -0.3 is 9.16 Å². The third-order valence-electron chi connectivity index (χ3n) is 4.72. The monoisotopic (exact) mass is 449 g/mol. The van der Waals surface area contributed by atoms with E-state index in [1.54, 1.807) is 0 Å². The van der Waals surface area contributed by atoms with Crippen molar-refractivity contribution in [2.24, 2.45) is 11.3 Å². The number of nitrogens with zero attached hydrogens (tertiary/aromatic N) is 1. The van der Waals surface area contributed by atoms with Crippen LogP contribution in [-0.2, 0) is 10.8 Å². The maximum absolute atomic E-state index is 6.46. The number of rotatable bonds is 9. The molecule has 0 aliphatic carbocycles. The Hall–Kier alpha value is -1.17. The van der Waals surface area contributed by atoms with Crippen molar-refractivity contribution in [1.29, 1.82) is 0 Å². The Kier molecular flexibility index (Phi) is 8.51. The van der Waals surface area contributed by atoms with Crippen LogP contribution >= 0.6 is 15.9 Å². The molecule has 1 aromatic carbocycles. The third kappa shape index (κ3) is 7.76. The van der Waals surface area contributed by atoms with Crippen LogP contribution in [0.2, 0.25) is 13.1 Å². The second kappa shape index (κ2) is 10.4. The molecule has 0 saturated carbocycles. The molecule has 0 saturated heterocycles. The molecule has 148 valence electrons. The van der Waals surface area contributed by atoms with Crippen LogP contribution in [0.4, 0.5) is 0 Å². The number of halogens is 1. The lowest BCUT2D eigenvalue weighted by atomic mass is 9.74. The van der Waals surface area contributed by atoms with Crippen LogP contribution in [-0.4, -0.2) is 26.7 Å². The van der Waals surface area contributed by atoms with Gasteiger partial charge in [0.15, 0.2) is 9.04 Å². The van der Waals surface area contributed by atoms with E-state index < -0.39 is 9.04 Å². The van der Waals surface area contributed by atoms with Crippen LogP contribution in [0.25, 0.3) is 0 Å². The Morgan fingerprint density at radius 2 is 1.81 bits per heavy atom. The van der Waals surface area contributed by atoms with E-state index in [9.17, 15) is 0 Å². The molecule has 1 heterocycles. The van der Waals surface area contributed by atoms with Gasteiger partial charge in [-0.3, -0.25) is 4.98 Å². The Labute approximate surface area is 174 Å². The molecule has 0 spiro atoms. The van der Waals surface area contributed by atoms with Gasteiger partial charge in [-0.15, -0.1) is 0 Å². The molecule has 0 fully saturated rings. The zero-order chi connectivity index (χ0) is 19.9. The molecule has 5 heteroatoms. The van der Waals surface area contributed by atoms with E-state index in [1.165, 1.54) is 5.56 Å². The highest BCUT2D eigenvalue weighted by Crippen LogP contribution is 2.35. The van der Waals surface area contributed by atoms with Gasteiger partial charge in [-0.25, -0.2) is 0 Å². The third-order valence-corrected chi connectivity index (χ3v) is 6.11. The quantitative estimate of drug-likeness (QED) is 0.447. The predicted molar refractivity (Wildman–Crippen MR) is 119 cm³/mol. The summed E-state index contributed by atoms with van der Waals surface area (Å²) in [5.74, 6) is 1.27. The zero-order valence-corrected chi connectivity index (χ0v) is 19.9. The first-order chi connectivity index (χ1) is 12.8. The Bertz CT molecular complexity index is 671. The van der Waals surface area contributed by atoms with E-state index >= 15 is 0 Å². The van der Waals surface area contributed by atoms with Gasteiger partial charge in [0.25, 0.3) is 0 Å². The van der Waals surface area contributed by atoms with Gasteiger partial charge in [-0.1, -0.05) is 42.8 Å². The van der Waals surface area contributed by atoms with Gasteiger partial charge in [-0.05, 0) is 67.2 Å². The Morgan fingerprint density at radius 3 is 2.37 bits per heavy atom. The first-order valence-electron chi connectivity index (χ1n) is 9.68. The summed E-state index contributed by atoms with van der Waals surface area (Å²) in [4.78, 5) is 4.25. The maximum Gasteiger partial charge on any atom is 0.171 e. The molecule has 0 aliphatic rings. The predicted octanol–water partition coefficient (Wildman–Crippen LogP) is 5.89. The van der Waals surface area contributed by atoms with Crippen LogP contribution in [0.5, 0.6) is 5.75 Å². The fourth-order valence-electron chi connectivity index (χ4n) is 3.25. The van der Waals surface area contributed by atoms with E-state index in [2.05, 4.69) is 60.8 Å². The van der Waals surface area contributed by atoms with E-state index in [-0.39, 0.29) is 11.5 Å². The van der Waals surface area contributed by atoms with Gasteiger partial charge in [0, 0.05) is 22.8 Å². The van der Waals surface area contributed by atoms with Crippen LogP contribution in [0.15, 0.2) is 53.3 Å². The Morgan fingerprint density at radius 1 is 1.11 bits per heavy atom. The van der Waals surface area contributed by atoms with Crippen molar-refractivity contribution >= 4 is 25.0 Å². The molecule has 27 heavy (non-hydrogen) atoms.